The summed E-state index contributed by atoms with van der Waals surface area (Å²) in [5.41, 5.74) is 0.199. The standard InChI is InChI=1S/C24H22Cl3NO5S/c1-2-32-20-10-8-19(9-11-20)28(34(30,31)21-12-5-17(25)6-13-21)24(29)4-3-15-33-23-14-7-18(26)16-22(23)27/h5-14,16H,2-4,15H2,1H3. The molecule has 0 N–H and O–H groups in total. The third kappa shape index (κ3) is 6.57. The van der Waals surface area contributed by atoms with Gasteiger partial charge in [-0.2, -0.15) is 0 Å². The molecule has 0 bridgehead atoms. The van der Waals surface area contributed by atoms with E-state index in [0.29, 0.717) is 33.2 Å². The summed E-state index contributed by atoms with van der Waals surface area (Å²) >= 11 is 17.9. The van der Waals surface area contributed by atoms with E-state index in [-0.39, 0.29) is 30.0 Å². The number of ether oxygens (including phenoxy) is 2. The zero-order chi connectivity index (χ0) is 24.7. The Morgan fingerprint density at radius 1 is 0.882 bits per heavy atom. The minimum atomic E-state index is -4.19. The van der Waals surface area contributed by atoms with Gasteiger partial charge in [0.2, 0.25) is 5.91 Å². The van der Waals surface area contributed by atoms with Crippen LogP contribution in [0.4, 0.5) is 5.69 Å². The number of hydrogen-bond acceptors (Lipinski definition) is 5. The first-order chi connectivity index (χ1) is 16.2. The number of carbonyl (C=O) groups is 1. The van der Waals surface area contributed by atoms with Crippen molar-refractivity contribution in [2.45, 2.75) is 24.7 Å². The molecule has 0 radical (unpaired) electrons. The first kappa shape index (κ1) is 26.2. The van der Waals surface area contributed by atoms with Crippen molar-refractivity contribution in [3.8, 4) is 11.5 Å². The number of anilines is 1. The van der Waals surface area contributed by atoms with E-state index >= 15 is 0 Å². The van der Waals surface area contributed by atoms with Crippen LogP contribution in [0.2, 0.25) is 15.1 Å². The van der Waals surface area contributed by atoms with Crippen molar-refractivity contribution < 1.29 is 22.7 Å². The largest absolute Gasteiger partial charge is 0.494 e. The highest BCUT2D eigenvalue weighted by molar-refractivity contribution is 7.93. The Kier molecular flexibility index (Phi) is 9.08. The molecule has 0 unspecified atom stereocenters. The number of amides is 1. The highest BCUT2D eigenvalue weighted by Crippen LogP contribution is 2.29. The van der Waals surface area contributed by atoms with Crippen molar-refractivity contribution in [1.29, 1.82) is 0 Å². The van der Waals surface area contributed by atoms with Gasteiger partial charge in [-0.05, 0) is 80.1 Å². The fourth-order valence-corrected chi connectivity index (χ4v) is 5.11. The minimum absolute atomic E-state index is 0.0525. The molecule has 3 aromatic rings. The lowest BCUT2D eigenvalue weighted by Gasteiger charge is -2.23. The summed E-state index contributed by atoms with van der Waals surface area (Å²) in [7, 11) is -4.19. The quantitative estimate of drug-likeness (QED) is 0.269. The highest BCUT2D eigenvalue weighted by Gasteiger charge is 2.30. The van der Waals surface area contributed by atoms with Gasteiger partial charge in [0.1, 0.15) is 11.5 Å². The molecule has 0 aliphatic heterocycles. The Morgan fingerprint density at radius 2 is 1.53 bits per heavy atom. The maximum absolute atomic E-state index is 13.4. The Hall–Kier alpha value is -2.45. The van der Waals surface area contributed by atoms with Gasteiger partial charge in [-0.15, -0.1) is 0 Å². The van der Waals surface area contributed by atoms with Crippen LogP contribution in [0.1, 0.15) is 19.8 Å². The zero-order valence-corrected chi connectivity index (χ0v) is 21.3. The van der Waals surface area contributed by atoms with Crippen molar-refractivity contribution in [1.82, 2.24) is 0 Å². The fourth-order valence-electron chi connectivity index (χ4n) is 3.07. The second-order valence-corrected chi connectivity index (χ2v) is 10.1. The molecular weight excluding hydrogens is 521 g/mol. The van der Waals surface area contributed by atoms with Crippen molar-refractivity contribution in [2.24, 2.45) is 0 Å². The summed E-state index contributed by atoms with van der Waals surface area (Å²) in [4.78, 5) is 13.1. The van der Waals surface area contributed by atoms with Gasteiger partial charge in [-0.3, -0.25) is 4.79 Å². The number of carbonyl (C=O) groups excluding carboxylic acids is 1. The molecule has 0 aromatic heterocycles. The van der Waals surface area contributed by atoms with Crippen LogP contribution in [0, 0.1) is 0 Å². The summed E-state index contributed by atoms with van der Waals surface area (Å²) in [6.07, 6.45) is 0.187. The lowest BCUT2D eigenvalue weighted by molar-refractivity contribution is -0.117. The number of sulfonamides is 1. The molecule has 180 valence electrons. The third-order valence-corrected chi connectivity index (χ3v) is 7.19. The van der Waals surface area contributed by atoms with Crippen molar-refractivity contribution in [2.75, 3.05) is 17.5 Å². The Bertz CT molecular complexity index is 1230. The molecule has 0 atom stereocenters. The van der Waals surface area contributed by atoms with Crippen LogP contribution in [-0.4, -0.2) is 27.5 Å². The molecule has 34 heavy (non-hydrogen) atoms. The number of nitrogens with zero attached hydrogens (tertiary/aromatic N) is 1. The molecule has 10 heteroatoms. The normalized spacial score (nSPS) is 11.2. The van der Waals surface area contributed by atoms with E-state index in [1.807, 2.05) is 6.92 Å². The van der Waals surface area contributed by atoms with E-state index in [1.54, 1.807) is 30.3 Å². The summed E-state index contributed by atoms with van der Waals surface area (Å²) in [6.45, 7) is 2.46. The molecule has 6 nitrogen and oxygen atoms in total. The average molecular weight is 543 g/mol. The molecule has 3 rings (SSSR count). The van der Waals surface area contributed by atoms with Crippen LogP contribution >= 0.6 is 34.8 Å². The van der Waals surface area contributed by atoms with Crippen LogP contribution in [0.5, 0.6) is 11.5 Å². The van der Waals surface area contributed by atoms with Crippen LogP contribution < -0.4 is 13.8 Å². The average Bonchev–Trinajstić information content (AvgIpc) is 2.79. The van der Waals surface area contributed by atoms with E-state index in [2.05, 4.69) is 0 Å². The summed E-state index contributed by atoms with van der Waals surface area (Å²) in [5.74, 6) is 0.386. The molecule has 3 aromatic carbocycles. The van der Waals surface area contributed by atoms with Crippen molar-refractivity contribution >= 4 is 56.4 Å². The van der Waals surface area contributed by atoms with Gasteiger partial charge >= 0.3 is 0 Å². The zero-order valence-electron chi connectivity index (χ0n) is 18.2. The summed E-state index contributed by atoms with van der Waals surface area (Å²) < 4.78 is 38.6. The van der Waals surface area contributed by atoms with Gasteiger partial charge < -0.3 is 9.47 Å². The fraction of sp³-hybridized carbons (Fsp3) is 0.208. The maximum Gasteiger partial charge on any atom is 0.270 e. The molecule has 0 fully saturated rings. The summed E-state index contributed by atoms with van der Waals surface area (Å²) in [5, 5.41) is 1.21. The Labute approximate surface area is 214 Å². The summed E-state index contributed by atoms with van der Waals surface area (Å²) in [6, 6.07) is 16.7. The van der Waals surface area contributed by atoms with Crippen LogP contribution in [0.15, 0.2) is 71.6 Å². The van der Waals surface area contributed by atoms with Gasteiger partial charge in [0.15, 0.2) is 0 Å². The lowest BCUT2D eigenvalue weighted by atomic mass is 10.2. The Morgan fingerprint density at radius 3 is 2.15 bits per heavy atom. The number of hydrogen-bond donors (Lipinski definition) is 0. The number of halogens is 3. The van der Waals surface area contributed by atoms with Gasteiger partial charge in [0.05, 0.1) is 28.8 Å². The second-order valence-electron chi connectivity index (χ2n) is 7.07. The van der Waals surface area contributed by atoms with E-state index in [1.165, 1.54) is 36.4 Å². The van der Waals surface area contributed by atoms with E-state index in [9.17, 15) is 13.2 Å². The maximum atomic E-state index is 13.4. The molecule has 0 spiro atoms. The van der Waals surface area contributed by atoms with Crippen LogP contribution in [0.3, 0.4) is 0 Å². The monoisotopic (exact) mass is 541 g/mol. The van der Waals surface area contributed by atoms with Gasteiger partial charge in [-0.25, -0.2) is 12.7 Å². The van der Waals surface area contributed by atoms with Gasteiger partial charge in [-0.1, -0.05) is 34.8 Å². The predicted octanol–water partition coefficient (Wildman–Crippen LogP) is 6.63. The Balaban J connectivity index is 1.79. The van der Waals surface area contributed by atoms with Gasteiger partial charge in [0.25, 0.3) is 10.0 Å². The van der Waals surface area contributed by atoms with E-state index in [4.69, 9.17) is 44.3 Å². The van der Waals surface area contributed by atoms with Crippen LogP contribution in [0.25, 0.3) is 0 Å². The lowest BCUT2D eigenvalue weighted by Crippen LogP contribution is -2.37. The smallest absolute Gasteiger partial charge is 0.270 e. The highest BCUT2D eigenvalue weighted by atomic mass is 35.5. The molecule has 0 heterocycles. The topological polar surface area (TPSA) is 72.9 Å². The molecule has 0 aliphatic carbocycles. The molecule has 0 aliphatic rings. The van der Waals surface area contributed by atoms with Crippen LogP contribution in [-0.2, 0) is 14.8 Å². The van der Waals surface area contributed by atoms with Crippen molar-refractivity contribution in [3.63, 3.8) is 0 Å². The first-order valence-corrected chi connectivity index (χ1v) is 12.9. The third-order valence-electron chi connectivity index (χ3n) is 4.65. The second kappa shape index (κ2) is 11.8. The molecular formula is C24H22Cl3NO5S. The minimum Gasteiger partial charge on any atom is -0.494 e. The van der Waals surface area contributed by atoms with Crippen molar-refractivity contribution in [3.05, 3.63) is 81.8 Å². The van der Waals surface area contributed by atoms with E-state index < -0.39 is 15.9 Å². The number of rotatable bonds is 10. The molecule has 0 saturated carbocycles. The molecule has 0 saturated heterocycles. The SMILES string of the molecule is CCOc1ccc(N(C(=O)CCCOc2ccc(Cl)cc2Cl)S(=O)(=O)c2ccc(Cl)cc2)cc1. The molecule has 1 amide bonds. The van der Waals surface area contributed by atoms with E-state index in [0.717, 1.165) is 4.31 Å². The van der Waals surface area contributed by atoms with Gasteiger partial charge in [0, 0.05) is 16.5 Å². The predicted molar refractivity (Wildman–Crippen MR) is 135 cm³/mol. The first-order valence-electron chi connectivity index (χ1n) is 10.4. The number of benzene rings is 3.